The molecule has 1 amide bonds. The Balaban J connectivity index is 1.51. The maximum Gasteiger partial charge on any atom is 0.257 e. The first kappa shape index (κ1) is 19.4. The number of carbonyl (C=O) groups is 1. The Morgan fingerprint density at radius 2 is 1.86 bits per heavy atom. The first-order valence-corrected chi connectivity index (χ1v) is 9.41. The molecule has 0 unspecified atom stereocenters. The topological polar surface area (TPSA) is 63.2 Å². The fourth-order valence-corrected chi connectivity index (χ4v) is 2.82. The number of nitrogens with zero attached hydrogens (tertiary/aromatic N) is 1. The van der Waals surface area contributed by atoms with Crippen molar-refractivity contribution in [2.24, 2.45) is 0 Å². The molecule has 0 aliphatic carbocycles. The number of amides is 1. The summed E-state index contributed by atoms with van der Waals surface area (Å²) in [6, 6.07) is 19.5. The van der Waals surface area contributed by atoms with E-state index in [1.165, 1.54) is 11.1 Å². The van der Waals surface area contributed by atoms with Crippen molar-refractivity contribution in [3.05, 3.63) is 83.6 Å². The predicted octanol–water partition coefficient (Wildman–Crippen LogP) is 4.56. The van der Waals surface area contributed by atoms with Crippen molar-refractivity contribution in [3.8, 4) is 5.75 Å². The van der Waals surface area contributed by atoms with Crippen molar-refractivity contribution in [2.45, 2.75) is 19.8 Å². The quantitative estimate of drug-likeness (QED) is 0.606. The number of nitrogens with one attached hydrogen (secondary N) is 2. The van der Waals surface area contributed by atoms with Crippen molar-refractivity contribution >= 4 is 17.4 Å². The number of hydrogen-bond donors (Lipinski definition) is 2. The van der Waals surface area contributed by atoms with Gasteiger partial charge in [-0.3, -0.25) is 4.79 Å². The molecule has 28 heavy (non-hydrogen) atoms. The van der Waals surface area contributed by atoms with E-state index in [9.17, 15) is 4.79 Å². The minimum atomic E-state index is -0.167. The summed E-state index contributed by atoms with van der Waals surface area (Å²) in [6.07, 6.45) is 3.42. The van der Waals surface area contributed by atoms with Crippen molar-refractivity contribution < 1.29 is 9.53 Å². The first-order valence-electron chi connectivity index (χ1n) is 9.41. The summed E-state index contributed by atoms with van der Waals surface area (Å²) >= 11 is 0. The van der Waals surface area contributed by atoms with Crippen LogP contribution in [0.5, 0.6) is 5.75 Å². The Labute approximate surface area is 165 Å². The van der Waals surface area contributed by atoms with Crippen molar-refractivity contribution in [1.82, 2.24) is 4.98 Å². The Bertz CT molecular complexity index is 906. The lowest BCUT2D eigenvalue weighted by molar-refractivity contribution is 0.102. The molecule has 5 heteroatoms. The predicted molar refractivity (Wildman–Crippen MR) is 113 cm³/mol. The number of carbonyl (C=O) groups excluding carboxylic acids is 1. The maximum atomic E-state index is 12.4. The average molecular weight is 375 g/mol. The Kier molecular flexibility index (Phi) is 6.63. The molecule has 2 N–H and O–H groups in total. The van der Waals surface area contributed by atoms with Crippen molar-refractivity contribution in [2.75, 3.05) is 24.3 Å². The molecule has 3 rings (SSSR count). The second-order valence-electron chi connectivity index (χ2n) is 6.47. The van der Waals surface area contributed by atoms with Crippen LogP contribution >= 0.6 is 0 Å². The van der Waals surface area contributed by atoms with Gasteiger partial charge in [-0.05, 0) is 60.4 Å². The van der Waals surface area contributed by atoms with Crippen LogP contribution in [-0.2, 0) is 12.8 Å². The lowest BCUT2D eigenvalue weighted by atomic mass is 10.1. The highest BCUT2D eigenvalue weighted by atomic mass is 16.5. The van der Waals surface area contributed by atoms with E-state index in [0.717, 1.165) is 36.6 Å². The normalized spacial score (nSPS) is 10.4. The van der Waals surface area contributed by atoms with Crippen LogP contribution in [0.25, 0.3) is 0 Å². The van der Waals surface area contributed by atoms with Gasteiger partial charge in [0, 0.05) is 18.4 Å². The van der Waals surface area contributed by atoms with Crippen molar-refractivity contribution in [1.29, 1.82) is 0 Å². The lowest BCUT2D eigenvalue weighted by Gasteiger charge is -2.09. The van der Waals surface area contributed by atoms with E-state index in [1.807, 2.05) is 48.5 Å². The van der Waals surface area contributed by atoms with Crippen LogP contribution < -0.4 is 15.4 Å². The van der Waals surface area contributed by atoms with Crippen LogP contribution in [0.15, 0.2) is 66.9 Å². The van der Waals surface area contributed by atoms with Gasteiger partial charge < -0.3 is 15.4 Å². The zero-order valence-electron chi connectivity index (χ0n) is 16.2. The molecule has 0 radical (unpaired) electrons. The first-order chi connectivity index (χ1) is 13.7. The number of aryl methyl sites for hydroxylation is 1. The van der Waals surface area contributed by atoms with E-state index in [4.69, 9.17) is 4.74 Å². The summed E-state index contributed by atoms with van der Waals surface area (Å²) in [5.41, 5.74) is 3.74. The molecule has 0 aliphatic heterocycles. The highest BCUT2D eigenvalue weighted by Crippen LogP contribution is 2.14. The second kappa shape index (κ2) is 9.55. The number of hydrogen-bond acceptors (Lipinski definition) is 4. The standard InChI is InChI=1S/C23H25N3O2/c1-3-17-7-10-20(11-8-17)26-23(27)19-9-12-22(25-16-19)24-14-13-18-5-4-6-21(15-18)28-2/h4-12,15-16H,3,13-14H2,1-2H3,(H,24,25)(H,26,27). The maximum absolute atomic E-state index is 12.4. The molecular formula is C23H25N3O2. The zero-order valence-corrected chi connectivity index (χ0v) is 16.2. The summed E-state index contributed by atoms with van der Waals surface area (Å²) in [7, 11) is 1.67. The fraction of sp³-hybridized carbons (Fsp3) is 0.217. The second-order valence-corrected chi connectivity index (χ2v) is 6.47. The van der Waals surface area contributed by atoms with Crippen LogP contribution in [-0.4, -0.2) is 24.5 Å². The van der Waals surface area contributed by atoms with Gasteiger partial charge in [0.2, 0.25) is 0 Å². The number of methoxy groups -OCH3 is 1. The molecule has 2 aromatic carbocycles. The number of benzene rings is 2. The molecule has 1 heterocycles. The van der Waals surface area contributed by atoms with E-state index >= 15 is 0 Å². The molecule has 0 fully saturated rings. The summed E-state index contributed by atoms with van der Waals surface area (Å²) < 4.78 is 5.24. The van der Waals surface area contributed by atoms with E-state index < -0.39 is 0 Å². The Morgan fingerprint density at radius 3 is 2.54 bits per heavy atom. The Hall–Kier alpha value is -3.34. The molecule has 0 saturated heterocycles. The summed E-state index contributed by atoms with van der Waals surface area (Å²) in [5, 5.41) is 6.17. The highest BCUT2D eigenvalue weighted by molar-refractivity contribution is 6.04. The molecule has 0 saturated carbocycles. The van der Waals surface area contributed by atoms with Gasteiger partial charge in [-0.15, -0.1) is 0 Å². The number of rotatable bonds is 8. The van der Waals surface area contributed by atoms with Gasteiger partial charge in [-0.1, -0.05) is 31.2 Å². The van der Waals surface area contributed by atoms with E-state index in [1.54, 1.807) is 19.4 Å². The number of ether oxygens (including phenoxy) is 1. The van der Waals surface area contributed by atoms with E-state index in [0.29, 0.717) is 5.56 Å². The van der Waals surface area contributed by atoms with Crippen LogP contribution in [0.1, 0.15) is 28.4 Å². The Morgan fingerprint density at radius 1 is 1.04 bits per heavy atom. The van der Waals surface area contributed by atoms with Gasteiger partial charge in [0.25, 0.3) is 5.91 Å². The number of anilines is 2. The van der Waals surface area contributed by atoms with Crippen LogP contribution in [0.4, 0.5) is 11.5 Å². The third kappa shape index (κ3) is 5.33. The third-order valence-electron chi connectivity index (χ3n) is 4.50. The van der Waals surface area contributed by atoms with Gasteiger partial charge in [0.1, 0.15) is 11.6 Å². The minimum absolute atomic E-state index is 0.167. The molecule has 144 valence electrons. The highest BCUT2D eigenvalue weighted by Gasteiger charge is 2.07. The summed E-state index contributed by atoms with van der Waals surface area (Å²) in [4.78, 5) is 16.7. The molecule has 0 aliphatic rings. The van der Waals surface area contributed by atoms with Gasteiger partial charge in [-0.25, -0.2) is 4.98 Å². The zero-order chi connectivity index (χ0) is 19.8. The van der Waals surface area contributed by atoms with Crippen molar-refractivity contribution in [3.63, 3.8) is 0 Å². The average Bonchev–Trinajstić information content (AvgIpc) is 2.75. The molecular weight excluding hydrogens is 350 g/mol. The van der Waals surface area contributed by atoms with Crippen LogP contribution in [0.3, 0.4) is 0 Å². The molecule has 0 atom stereocenters. The summed E-state index contributed by atoms with van der Waals surface area (Å²) in [5.74, 6) is 1.43. The van der Waals surface area contributed by atoms with Crippen LogP contribution in [0.2, 0.25) is 0 Å². The SMILES string of the molecule is CCc1ccc(NC(=O)c2ccc(NCCc3cccc(OC)c3)nc2)cc1. The lowest BCUT2D eigenvalue weighted by Crippen LogP contribution is -2.13. The van der Waals surface area contributed by atoms with Crippen LogP contribution in [0, 0.1) is 0 Å². The van der Waals surface area contributed by atoms with Gasteiger partial charge in [-0.2, -0.15) is 0 Å². The monoisotopic (exact) mass is 375 g/mol. The molecule has 5 nitrogen and oxygen atoms in total. The van der Waals surface area contributed by atoms with Gasteiger partial charge in [0.05, 0.1) is 12.7 Å². The van der Waals surface area contributed by atoms with E-state index in [-0.39, 0.29) is 5.91 Å². The third-order valence-corrected chi connectivity index (χ3v) is 4.50. The van der Waals surface area contributed by atoms with Gasteiger partial charge >= 0.3 is 0 Å². The molecule has 3 aromatic rings. The smallest absolute Gasteiger partial charge is 0.257 e. The largest absolute Gasteiger partial charge is 0.497 e. The number of aromatic nitrogens is 1. The summed E-state index contributed by atoms with van der Waals surface area (Å²) in [6.45, 7) is 2.85. The fourth-order valence-electron chi connectivity index (χ4n) is 2.82. The number of pyridine rings is 1. The molecule has 0 bridgehead atoms. The minimum Gasteiger partial charge on any atom is -0.497 e. The molecule has 1 aromatic heterocycles. The molecule has 0 spiro atoms. The van der Waals surface area contributed by atoms with E-state index in [2.05, 4.69) is 28.6 Å². The van der Waals surface area contributed by atoms with Gasteiger partial charge in [0.15, 0.2) is 0 Å².